The molecule has 124 valence electrons. The van der Waals surface area contributed by atoms with E-state index in [-0.39, 0.29) is 0 Å². The zero-order valence-corrected chi connectivity index (χ0v) is 13.8. The van der Waals surface area contributed by atoms with Crippen molar-refractivity contribution in [1.29, 1.82) is 0 Å². The molecule has 7 nitrogen and oxygen atoms in total. The van der Waals surface area contributed by atoms with Crippen LogP contribution in [0.15, 0.2) is 21.7 Å². The van der Waals surface area contributed by atoms with Crippen molar-refractivity contribution in [3.63, 3.8) is 0 Å². The molecule has 1 saturated heterocycles. The number of aromatic nitrogens is 4. The largest absolute Gasteiger partial charge is 0.342 e. The number of rotatable bonds is 3. The molecule has 0 unspecified atom stereocenters. The third-order valence-corrected chi connectivity index (χ3v) is 4.30. The fourth-order valence-corrected chi connectivity index (χ4v) is 3.15. The smallest absolute Gasteiger partial charge is 0.329 e. The standard InChI is InChI=1S/C16H23N5O2/c1-11(2)10-21-12-13(19(3)16(23)18-14(12)22)17-15(21)20-8-6-4-5-7-9-20/h1,4-10H2,2-3H3,(H,18,22,23). The first-order chi connectivity index (χ1) is 11.0. The highest BCUT2D eigenvalue weighted by atomic mass is 16.2. The van der Waals surface area contributed by atoms with E-state index in [1.807, 2.05) is 11.5 Å². The minimum Gasteiger partial charge on any atom is -0.342 e. The van der Waals surface area contributed by atoms with Crippen molar-refractivity contribution in [1.82, 2.24) is 19.1 Å². The highest BCUT2D eigenvalue weighted by Crippen LogP contribution is 2.23. The number of allylic oxidation sites excluding steroid dienone is 1. The van der Waals surface area contributed by atoms with Crippen LogP contribution in [0.3, 0.4) is 0 Å². The molecule has 0 aromatic carbocycles. The lowest BCUT2D eigenvalue weighted by Gasteiger charge is -2.22. The van der Waals surface area contributed by atoms with Gasteiger partial charge < -0.3 is 9.47 Å². The number of H-pyrrole nitrogens is 1. The molecule has 0 amide bonds. The zero-order chi connectivity index (χ0) is 16.6. The average molecular weight is 317 g/mol. The molecule has 2 aromatic heterocycles. The Morgan fingerprint density at radius 2 is 1.87 bits per heavy atom. The molecule has 7 heteroatoms. The number of nitrogens with one attached hydrogen (secondary N) is 1. The Labute approximate surface area is 134 Å². The molecular formula is C16H23N5O2. The molecule has 23 heavy (non-hydrogen) atoms. The molecule has 0 aliphatic carbocycles. The van der Waals surface area contributed by atoms with Crippen LogP contribution in [0.1, 0.15) is 32.6 Å². The number of aromatic amines is 1. The number of imidazole rings is 1. The Morgan fingerprint density at radius 1 is 1.22 bits per heavy atom. The highest BCUT2D eigenvalue weighted by Gasteiger charge is 2.22. The maximum Gasteiger partial charge on any atom is 0.329 e. The van der Waals surface area contributed by atoms with Gasteiger partial charge in [0, 0.05) is 26.7 Å². The minimum atomic E-state index is -0.440. The predicted octanol–water partition coefficient (Wildman–Crippen LogP) is 1.38. The number of fused-ring (bicyclic) bond motifs is 1. The molecule has 3 rings (SSSR count). The van der Waals surface area contributed by atoms with Gasteiger partial charge in [-0.15, -0.1) is 0 Å². The van der Waals surface area contributed by atoms with Crippen LogP contribution >= 0.6 is 0 Å². The van der Waals surface area contributed by atoms with E-state index in [0.29, 0.717) is 17.7 Å². The summed E-state index contributed by atoms with van der Waals surface area (Å²) in [5.41, 5.74) is 0.977. The van der Waals surface area contributed by atoms with Crippen molar-refractivity contribution in [3.8, 4) is 0 Å². The highest BCUT2D eigenvalue weighted by molar-refractivity contribution is 5.74. The summed E-state index contributed by atoms with van der Waals surface area (Å²) in [7, 11) is 1.63. The molecule has 1 N–H and O–H groups in total. The molecule has 0 saturated carbocycles. The van der Waals surface area contributed by atoms with Gasteiger partial charge in [-0.3, -0.25) is 14.3 Å². The number of nitrogens with zero attached hydrogens (tertiary/aromatic N) is 4. The number of aryl methyl sites for hydroxylation is 1. The molecule has 0 atom stereocenters. The van der Waals surface area contributed by atoms with Crippen LogP contribution in [0.5, 0.6) is 0 Å². The lowest BCUT2D eigenvalue weighted by atomic mass is 10.2. The summed E-state index contributed by atoms with van der Waals surface area (Å²) in [5.74, 6) is 0.761. The first-order valence-corrected chi connectivity index (χ1v) is 8.08. The van der Waals surface area contributed by atoms with E-state index < -0.39 is 11.2 Å². The zero-order valence-electron chi connectivity index (χ0n) is 13.8. The van der Waals surface area contributed by atoms with E-state index in [9.17, 15) is 9.59 Å². The van der Waals surface area contributed by atoms with Gasteiger partial charge in [-0.25, -0.2) is 4.79 Å². The lowest BCUT2D eigenvalue weighted by Crippen LogP contribution is -2.30. The first kappa shape index (κ1) is 15.6. The third kappa shape index (κ3) is 2.83. The third-order valence-electron chi connectivity index (χ3n) is 4.30. The summed E-state index contributed by atoms with van der Waals surface area (Å²) in [6.45, 7) is 8.25. The fraction of sp³-hybridized carbons (Fsp3) is 0.562. The molecule has 1 aliphatic heterocycles. The number of hydrogen-bond acceptors (Lipinski definition) is 4. The number of anilines is 1. The van der Waals surface area contributed by atoms with Gasteiger partial charge in [0.15, 0.2) is 11.2 Å². The van der Waals surface area contributed by atoms with Gasteiger partial charge in [0.05, 0.1) is 0 Å². The van der Waals surface area contributed by atoms with Crippen LogP contribution in [0.25, 0.3) is 11.2 Å². The van der Waals surface area contributed by atoms with Gasteiger partial charge in [0.2, 0.25) is 5.95 Å². The van der Waals surface area contributed by atoms with Crippen LogP contribution in [0, 0.1) is 0 Å². The Balaban J connectivity index is 2.25. The van der Waals surface area contributed by atoms with E-state index in [1.165, 1.54) is 17.4 Å². The second-order valence-electron chi connectivity index (χ2n) is 6.35. The van der Waals surface area contributed by atoms with Crippen molar-refractivity contribution >= 4 is 17.1 Å². The molecule has 1 fully saturated rings. The quantitative estimate of drug-likeness (QED) is 0.868. The second kappa shape index (κ2) is 6.06. The SMILES string of the molecule is C=C(C)Cn1c(N2CCCCCC2)nc2c1c(=O)[nH]c(=O)n2C. The fourth-order valence-electron chi connectivity index (χ4n) is 3.15. The average Bonchev–Trinajstić information content (AvgIpc) is 2.69. The van der Waals surface area contributed by atoms with Crippen molar-refractivity contribution in [2.45, 2.75) is 39.2 Å². The molecule has 0 radical (unpaired) electrons. The molecular weight excluding hydrogens is 294 g/mol. The molecule has 0 bridgehead atoms. The van der Waals surface area contributed by atoms with E-state index in [1.54, 1.807) is 7.05 Å². The monoisotopic (exact) mass is 317 g/mol. The van der Waals surface area contributed by atoms with Gasteiger partial charge >= 0.3 is 5.69 Å². The topological polar surface area (TPSA) is 75.9 Å². The Hall–Kier alpha value is -2.31. The van der Waals surface area contributed by atoms with E-state index >= 15 is 0 Å². The first-order valence-electron chi connectivity index (χ1n) is 8.08. The second-order valence-corrected chi connectivity index (χ2v) is 6.35. The van der Waals surface area contributed by atoms with Crippen LogP contribution < -0.4 is 16.1 Å². The molecule has 3 heterocycles. The maximum absolute atomic E-state index is 12.3. The lowest BCUT2D eigenvalue weighted by molar-refractivity contribution is 0.711. The Bertz CT molecular complexity index is 850. The van der Waals surface area contributed by atoms with Crippen molar-refractivity contribution in [2.24, 2.45) is 7.05 Å². The van der Waals surface area contributed by atoms with Crippen molar-refractivity contribution in [3.05, 3.63) is 33.0 Å². The van der Waals surface area contributed by atoms with Gasteiger partial charge in [0.1, 0.15) is 0 Å². The Kier molecular flexibility index (Phi) is 4.11. The van der Waals surface area contributed by atoms with Crippen LogP contribution in [0.4, 0.5) is 5.95 Å². The maximum atomic E-state index is 12.3. The van der Waals surface area contributed by atoms with Crippen LogP contribution in [-0.4, -0.2) is 32.2 Å². The van der Waals surface area contributed by atoms with Crippen molar-refractivity contribution < 1.29 is 0 Å². The van der Waals surface area contributed by atoms with E-state index in [0.717, 1.165) is 37.5 Å². The predicted molar refractivity (Wildman–Crippen MR) is 91.1 cm³/mol. The number of hydrogen-bond donors (Lipinski definition) is 1. The molecule has 2 aromatic rings. The van der Waals surface area contributed by atoms with Crippen LogP contribution in [0.2, 0.25) is 0 Å². The minimum absolute atomic E-state index is 0.391. The van der Waals surface area contributed by atoms with Crippen molar-refractivity contribution in [2.75, 3.05) is 18.0 Å². The molecule has 1 aliphatic rings. The van der Waals surface area contributed by atoms with E-state index in [4.69, 9.17) is 0 Å². The Morgan fingerprint density at radius 3 is 2.48 bits per heavy atom. The summed E-state index contributed by atoms with van der Waals surface area (Å²) >= 11 is 0. The summed E-state index contributed by atoms with van der Waals surface area (Å²) < 4.78 is 3.29. The van der Waals surface area contributed by atoms with Gasteiger partial charge in [-0.05, 0) is 19.8 Å². The summed E-state index contributed by atoms with van der Waals surface area (Å²) in [5, 5.41) is 0. The van der Waals surface area contributed by atoms with Crippen LogP contribution in [-0.2, 0) is 13.6 Å². The normalized spacial score (nSPS) is 15.8. The summed E-state index contributed by atoms with van der Waals surface area (Å²) in [6.07, 6.45) is 4.67. The van der Waals surface area contributed by atoms with Gasteiger partial charge in [-0.2, -0.15) is 4.98 Å². The van der Waals surface area contributed by atoms with E-state index in [2.05, 4.69) is 21.4 Å². The molecule has 0 spiro atoms. The van der Waals surface area contributed by atoms with Gasteiger partial charge in [0.25, 0.3) is 5.56 Å². The van der Waals surface area contributed by atoms with Gasteiger partial charge in [-0.1, -0.05) is 25.0 Å². The summed E-state index contributed by atoms with van der Waals surface area (Å²) in [4.78, 5) is 33.4. The summed E-state index contributed by atoms with van der Waals surface area (Å²) in [6, 6.07) is 0.